The maximum atomic E-state index is 12.9. The molecule has 1 aliphatic carbocycles. The number of hydrogen-bond acceptors (Lipinski definition) is 5. The molecule has 0 bridgehead atoms. The highest BCUT2D eigenvalue weighted by Gasteiger charge is 2.41. The fourth-order valence-corrected chi connectivity index (χ4v) is 3.68. The summed E-state index contributed by atoms with van der Waals surface area (Å²) in [4.78, 5) is 28.9. The molecule has 7 nitrogen and oxygen atoms in total. The molecular formula is C20H26N4O3. The van der Waals surface area contributed by atoms with E-state index in [2.05, 4.69) is 20.8 Å². The molecule has 7 heteroatoms. The summed E-state index contributed by atoms with van der Waals surface area (Å²) in [5.41, 5.74) is 1.45. The van der Waals surface area contributed by atoms with E-state index in [9.17, 15) is 9.59 Å². The van der Waals surface area contributed by atoms with Crippen molar-refractivity contribution in [3.8, 4) is 0 Å². The third-order valence-corrected chi connectivity index (χ3v) is 5.04. The van der Waals surface area contributed by atoms with Gasteiger partial charge in [0.25, 0.3) is 0 Å². The van der Waals surface area contributed by atoms with Crippen LogP contribution in [0.3, 0.4) is 0 Å². The Morgan fingerprint density at radius 3 is 2.41 bits per heavy atom. The number of amides is 2. The van der Waals surface area contributed by atoms with Crippen LogP contribution in [0.1, 0.15) is 67.9 Å². The standard InChI is InChI=1S/C20H26N4O3/c1-13-6-8-16(9-7-13)17(21-14(2)25)12-18(26)23-20(10-4-5-11-20)19-22-15(3)27-24-19/h6-9,17H,4-5,10-12H2,1-3H3,(H,21,25)(H,23,26). The van der Waals surface area contributed by atoms with Crippen LogP contribution in [0.5, 0.6) is 0 Å². The summed E-state index contributed by atoms with van der Waals surface area (Å²) in [6, 6.07) is 7.45. The van der Waals surface area contributed by atoms with Gasteiger partial charge in [-0.15, -0.1) is 0 Å². The Kier molecular flexibility index (Phi) is 5.58. The van der Waals surface area contributed by atoms with Crippen molar-refractivity contribution in [1.82, 2.24) is 20.8 Å². The molecule has 0 saturated heterocycles. The second-order valence-electron chi connectivity index (χ2n) is 7.34. The Morgan fingerprint density at radius 2 is 1.85 bits per heavy atom. The monoisotopic (exact) mass is 370 g/mol. The van der Waals surface area contributed by atoms with Gasteiger partial charge in [0.1, 0.15) is 5.54 Å². The van der Waals surface area contributed by atoms with E-state index in [1.165, 1.54) is 6.92 Å². The topological polar surface area (TPSA) is 97.1 Å². The van der Waals surface area contributed by atoms with Crippen molar-refractivity contribution in [2.24, 2.45) is 0 Å². The van der Waals surface area contributed by atoms with Crippen LogP contribution in [-0.4, -0.2) is 22.0 Å². The molecular weight excluding hydrogens is 344 g/mol. The van der Waals surface area contributed by atoms with E-state index in [0.717, 1.165) is 36.8 Å². The minimum Gasteiger partial charge on any atom is -0.349 e. The average molecular weight is 370 g/mol. The lowest BCUT2D eigenvalue weighted by Crippen LogP contribution is -2.46. The number of hydrogen-bond donors (Lipinski definition) is 2. The average Bonchev–Trinajstić information content (AvgIpc) is 3.24. The van der Waals surface area contributed by atoms with Gasteiger partial charge in [-0.25, -0.2) is 0 Å². The summed E-state index contributed by atoms with van der Waals surface area (Å²) >= 11 is 0. The molecule has 1 aliphatic rings. The van der Waals surface area contributed by atoms with E-state index < -0.39 is 5.54 Å². The fourth-order valence-electron chi connectivity index (χ4n) is 3.68. The third-order valence-electron chi connectivity index (χ3n) is 5.04. The SMILES string of the molecule is CC(=O)NC(CC(=O)NC1(c2noc(C)n2)CCCC1)c1ccc(C)cc1. The van der Waals surface area contributed by atoms with Gasteiger partial charge in [0, 0.05) is 13.8 Å². The molecule has 144 valence electrons. The van der Waals surface area contributed by atoms with Crippen LogP contribution in [0.25, 0.3) is 0 Å². The van der Waals surface area contributed by atoms with Crippen LogP contribution in [0.15, 0.2) is 28.8 Å². The predicted molar refractivity (Wildman–Crippen MR) is 99.7 cm³/mol. The first-order valence-corrected chi connectivity index (χ1v) is 9.33. The van der Waals surface area contributed by atoms with Crippen molar-refractivity contribution in [3.63, 3.8) is 0 Å². The lowest BCUT2D eigenvalue weighted by Gasteiger charge is -2.28. The Balaban J connectivity index is 1.76. The summed E-state index contributed by atoms with van der Waals surface area (Å²) in [5, 5.41) is 10.1. The highest BCUT2D eigenvalue weighted by molar-refractivity contribution is 5.79. The molecule has 1 unspecified atom stereocenters. The summed E-state index contributed by atoms with van der Waals surface area (Å²) in [6.45, 7) is 5.20. The second-order valence-corrected chi connectivity index (χ2v) is 7.34. The number of nitrogens with zero attached hydrogens (tertiary/aromatic N) is 2. The van der Waals surface area contributed by atoms with Crippen molar-refractivity contribution in [3.05, 3.63) is 47.1 Å². The van der Waals surface area contributed by atoms with Crippen LogP contribution >= 0.6 is 0 Å². The summed E-state index contributed by atoms with van der Waals surface area (Å²) in [5.74, 6) is 0.718. The highest BCUT2D eigenvalue weighted by atomic mass is 16.5. The molecule has 1 aromatic carbocycles. The molecule has 0 spiro atoms. The second kappa shape index (κ2) is 7.90. The Morgan fingerprint density at radius 1 is 1.19 bits per heavy atom. The fraction of sp³-hybridized carbons (Fsp3) is 0.500. The largest absolute Gasteiger partial charge is 0.349 e. The molecule has 2 aromatic rings. The molecule has 1 aromatic heterocycles. The van der Waals surface area contributed by atoms with Crippen LogP contribution in [-0.2, 0) is 15.1 Å². The third kappa shape index (κ3) is 4.53. The molecule has 2 N–H and O–H groups in total. The number of carbonyl (C=O) groups excluding carboxylic acids is 2. The smallest absolute Gasteiger partial charge is 0.223 e. The van der Waals surface area contributed by atoms with Crippen molar-refractivity contribution < 1.29 is 14.1 Å². The van der Waals surface area contributed by atoms with E-state index in [-0.39, 0.29) is 24.3 Å². The first kappa shape index (κ1) is 19.1. The highest BCUT2D eigenvalue weighted by Crippen LogP contribution is 2.37. The normalized spacial score (nSPS) is 16.7. The zero-order valence-electron chi connectivity index (χ0n) is 16.0. The Hall–Kier alpha value is -2.70. The predicted octanol–water partition coefficient (Wildman–Crippen LogP) is 2.84. The van der Waals surface area contributed by atoms with Crippen molar-refractivity contribution in [2.75, 3.05) is 0 Å². The van der Waals surface area contributed by atoms with Gasteiger partial charge in [0.2, 0.25) is 17.7 Å². The number of benzene rings is 1. The molecule has 1 heterocycles. The lowest BCUT2D eigenvalue weighted by molar-refractivity contribution is -0.124. The van der Waals surface area contributed by atoms with Crippen LogP contribution < -0.4 is 10.6 Å². The van der Waals surface area contributed by atoms with Crippen LogP contribution in [0.2, 0.25) is 0 Å². The van der Waals surface area contributed by atoms with Crippen molar-refractivity contribution >= 4 is 11.8 Å². The Bertz CT molecular complexity index is 807. The molecule has 1 saturated carbocycles. The van der Waals surface area contributed by atoms with E-state index >= 15 is 0 Å². The Labute approximate surface area is 158 Å². The van der Waals surface area contributed by atoms with Crippen LogP contribution in [0, 0.1) is 13.8 Å². The van der Waals surface area contributed by atoms with Gasteiger partial charge >= 0.3 is 0 Å². The zero-order chi connectivity index (χ0) is 19.4. The van der Waals surface area contributed by atoms with Gasteiger partial charge in [-0.3, -0.25) is 9.59 Å². The maximum absolute atomic E-state index is 12.9. The summed E-state index contributed by atoms with van der Waals surface area (Å²) in [7, 11) is 0. The molecule has 3 rings (SSSR count). The number of carbonyl (C=O) groups is 2. The molecule has 0 aliphatic heterocycles. The molecule has 2 amide bonds. The van der Waals surface area contributed by atoms with Crippen molar-refractivity contribution in [1.29, 1.82) is 0 Å². The van der Waals surface area contributed by atoms with E-state index in [0.29, 0.717) is 11.7 Å². The molecule has 0 radical (unpaired) electrons. The van der Waals surface area contributed by atoms with E-state index in [1.54, 1.807) is 6.92 Å². The molecule has 1 atom stereocenters. The van der Waals surface area contributed by atoms with Gasteiger partial charge < -0.3 is 15.2 Å². The van der Waals surface area contributed by atoms with Gasteiger partial charge in [-0.2, -0.15) is 4.98 Å². The number of aromatic nitrogens is 2. The van der Waals surface area contributed by atoms with E-state index in [4.69, 9.17) is 4.52 Å². The first-order chi connectivity index (χ1) is 12.9. The van der Waals surface area contributed by atoms with Gasteiger partial charge in [-0.05, 0) is 25.3 Å². The van der Waals surface area contributed by atoms with Gasteiger partial charge in [0.15, 0.2) is 5.82 Å². The van der Waals surface area contributed by atoms with Crippen molar-refractivity contribution in [2.45, 2.75) is 64.5 Å². The van der Waals surface area contributed by atoms with Crippen LogP contribution in [0.4, 0.5) is 0 Å². The minimum atomic E-state index is -0.580. The number of rotatable bonds is 6. The summed E-state index contributed by atoms with van der Waals surface area (Å²) < 4.78 is 5.13. The molecule has 1 fully saturated rings. The number of nitrogens with one attached hydrogen (secondary N) is 2. The zero-order valence-corrected chi connectivity index (χ0v) is 16.0. The quantitative estimate of drug-likeness (QED) is 0.815. The van der Waals surface area contributed by atoms with Gasteiger partial charge in [-0.1, -0.05) is 47.8 Å². The first-order valence-electron chi connectivity index (χ1n) is 9.33. The minimum absolute atomic E-state index is 0.140. The lowest BCUT2D eigenvalue weighted by atomic mass is 9.95. The van der Waals surface area contributed by atoms with Gasteiger partial charge in [0.05, 0.1) is 12.5 Å². The molecule has 27 heavy (non-hydrogen) atoms. The van der Waals surface area contributed by atoms with E-state index in [1.807, 2.05) is 31.2 Å². The number of aryl methyl sites for hydroxylation is 2. The maximum Gasteiger partial charge on any atom is 0.223 e. The summed E-state index contributed by atoms with van der Waals surface area (Å²) in [6.07, 6.45) is 3.73.